The average Bonchev–Trinajstić information content (AvgIpc) is 3.05. The summed E-state index contributed by atoms with van der Waals surface area (Å²) in [5, 5.41) is 3.72. The zero-order chi connectivity index (χ0) is 14.9. The molecule has 2 unspecified atom stereocenters. The number of rotatable bonds is 4. The first-order valence-electron chi connectivity index (χ1n) is 8.75. The zero-order valence-corrected chi connectivity index (χ0v) is 14.2. The Labute approximate surface area is 130 Å². The lowest BCUT2D eigenvalue weighted by Crippen LogP contribution is -2.55. The van der Waals surface area contributed by atoms with Crippen LogP contribution < -0.4 is 5.32 Å². The molecule has 1 N–H and O–H groups in total. The van der Waals surface area contributed by atoms with Gasteiger partial charge in [-0.05, 0) is 46.6 Å². The number of ether oxygens (including phenoxy) is 1. The van der Waals surface area contributed by atoms with Crippen LogP contribution in [0, 0.1) is 5.41 Å². The van der Waals surface area contributed by atoms with E-state index < -0.39 is 0 Å². The normalized spacial score (nSPS) is 35.3. The summed E-state index contributed by atoms with van der Waals surface area (Å²) in [6.45, 7) is 16.1. The fourth-order valence-electron chi connectivity index (χ4n) is 4.10. The monoisotopic (exact) mass is 295 g/mol. The minimum absolute atomic E-state index is 0.194. The Kier molecular flexibility index (Phi) is 4.60. The van der Waals surface area contributed by atoms with E-state index in [0.29, 0.717) is 5.41 Å². The molecule has 0 aromatic rings. The molecule has 0 saturated carbocycles. The van der Waals surface area contributed by atoms with Crippen molar-refractivity contribution in [1.29, 1.82) is 0 Å². The predicted octanol–water partition coefficient (Wildman–Crippen LogP) is 1.56. The standard InChI is InChI=1S/C17H33N3O/c1-16(2,3)18-12-17(6-10-21-14-17)13-19-8-9-20-7-4-5-15(20)11-19/h15,18H,4-14H2,1-3H3. The van der Waals surface area contributed by atoms with E-state index in [0.717, 1.165) is 25.8 Å². The smallest absolute Gasteiger partial charge is 0.0547 e. The number of hydrogen-bond donors (Lipinski definition) is 1. The predicted molar refractivity (Wildman–Crippen MR) is 86.7 cm³/mol. The zero-order valence-electron chi connectivity index (χ0n) is 14.2. The van der Waals surface area contributed by atoms with Crippen LogP contribution in [-0.4, -0.2) is 73.9 Å². The van der Waals surface area contributed by atoms with Gasteiger partial charge in [-0.3, -0.25) is 9.80 Å². The number of nitrogens with zero attached hydrogens (tertiary/aromatic N) is 2. The van der Waals surface area contributed by atoms with Gasteiger partial charge in [-0.1, -0.05) is 0 Å². The molecule has 0 aromatic carbocycles. The molecular weight excluding hydrogens is 262 g/mol. The minimum Gasteiger partial charge on any atom is -0.381 e. The molecule has 3 aliphatic heterocycles. The van der Waals surface area contributed by atoms with Crippen LogP contribution in [0.5, 0.6) is 0 Å². The number of nitrogens with one attached hydrogen (secondary N) is 1. The maximum atomic E-state index is 5.78. The second-order valence-electron chi connectivity index (χ2n) is 8.47. The summed E-state index contributed by atoms with van der Waals surface area (Å²) in [5.74, 6) is 0. The highest BCUT2D eigenvalue weighted by atomic mass is 16.5. The van der Waals surface area contributed by atoms with Crippen molar-refractivity contribution < 1.29 is 4.74 Å². The van der Waals surface area contributed by atoms with E-state index in [2.05, 4.69) is 35.9 Å². The van der Waals surface area contributed by atoms with E-state index in [4.69, 9.17) is 4.74 Å². The van der Waals surface area contributed by atoms with Gasteiger partial charge in [0, 0.05) is 56.3 Å². The van der Waals surface area contributed by atoms with Crippen LogP contribution in [0.4, 0.5) is 0 Å². The van der Waals surface area contributed by atoms with E-state index in [1.54, 1.807) is 0 Å². The molecule has 0 bridgehead atoms. The molecule has 0 aliphatic carbocycles. The molecule has 0 aromatic heterocycles. The van der Waals surface area contributed by atoms with Crippen molar-refractivity contribution >= 4 is 0 Å². The van der Waals surface area contributed by atoms with Crippen LogP contribution in [0.1, 0.15) is 40.0 Å². The highest BCUT2D eigenvalue weighted by Crippen LogP contribution is 2.31. The third kappa shape index (κ3) is 3.98. The molecule has 122 valence electrons. The van der Waals surface area contributed by atoms with Crippen LogP contribution >= 0.6 is 0 Å². The van der Waals surface area contributed by atoms with Gasteiger partial charge < -0.3 is 10.1 Å². The van der Waals surface area contributed by atoms with Crippen LogP contribution in [-0.2, 0) is 4.74 Å². The van der Waals surface area contributed by atoms with Gasteiger partial charge in [0.25, 0.3) is 0 Å². The molecular formula is C17H33N3O. The number of piperazine rings is 1. The van der Waals surface area contributed by atoms with Gasteiger partial charge in [0.15, 0.2) is 0 Å². The van der Waals surface area contributed by atoms with Crippen molar-refractivity contribution in [3.05, 3.63) is 0 Å². The van der Waals surface area contributed by atoms with Crippen LogP contribution in [0.2, 0.25) is 0 Å². The lowest BCUT2D eigenvalue weighted by Gasteiger charge is -2.42. The Balaban J connectivity index is 1.57. The highest BCUT2D eigenvalue weighted by molar-refractivity contribution is 4.94. The highest BCUT2D eigenvalue weighted by Gasteiger charge is 2.39. The van der Waals surface area contributed by atoms with Crippen molar-refractivity contribution in [2.24, 2.45) is 5.41 Å². The Bertz CT molecular complexity index is 346. The van der Waals surface area contributed by atoms with Crippen molar-refractivity contribution in [2.45, 2.75) is 51.6 Å². The average molecular weight is 295 g/mol. The summed E-state index contributed by atoms with van der Waals surface area (Å²) < 4.78 is 5.78. The van der Waals surface area contributed by atoms with Gasteiger partial charge in [-0.2, -0.15) is 0 Å². The first-order valence-corrected chi connectivity index (χ1v) is 8.75. The second-order valence-corrected chi connectivity index (χ2v) is 8.47. The van der Waals surface area contributed by atoms with Crippen molar-refractivity contribution in [3.8, 4) is 0 Å². The minimum atomic E-state index is 0.194. The summed E-state index contributed by atoms with van der Waals surface area (Å²) in [4.78, 5) is 5.41. The maximum absolute atomic E-state index is 5.78. The summed E-state index contributed by atoms with van der Waals surface area (Å²) in [6, 6.07) is 0.827. The molecule has 3 rings (SSSR count). The Morgan fingerprint density at radius 1 is 1.24 bits per heavy atom. The van der Waals surface area contributed by atoms with Crippen LogP contribution in [0.25, 0.3) is 0 Å². The van der Waals surface area contributed by atoms with Crippen LogP contribution in [0.15, 0.2) is 0 Å². The summed E-state index contributed by atoms with van der Waals surface area (Å²) in [5.41, 5.74) is 0.522. The third-order valence-corrected chi connectivity index (χ3v) is 5.41. The molecule has 4 heteroatoms. The van der Waals surface area contributed by atoms with Gasteiger partial charge in [0.05, 0.1) is 6.61 Å². The molecule has 21 heavy (non-hydrogen) atoms. The quantitative estimate of drug-likeness (QED) is 0.852. The van der Waals surface area contributed by atoms with Crippen molar-refractivity contribution in [1.82, 2.24) is 15.1 Å². The Morgan fingerprint density at radius 2 is 2.10 bits per heavy atom. The first-order chi connectivity index (χ1) is 9.96. The van der Waals surface area contributed by atoms with Crippen molar-refractivity contribution in [3.63, 3.8) is 0 Å². The topological polar surface area (TPSA) is 27.7 Å². The van der Waals surface area contributed by atoms with Crippen LogP contribution in [0.3, 0.4) is 0 Å². The molecule has 0 amide bonds. The fraction of sp³-hybridized carbons (Fsp3) is 1.00. The van der Waals surface area contributed by atoms with Crippen molar-refractivity contribution in [2.75, 3.05) is 52.5 Å². The number of hydrogen-bond acceptors (Lipinski definition) is 4. The van der Waals surface area contributed by atoms with Gasteiger partial charge in [-0.25, -0.2) is 0 Å². The van der Waals surface area contributed by atoms with Gasteiger partial charge in [0.2, 0.25) is 0 Å². The first kappa shape index (κ1) is 15.7. The van der Waals surface area contributed by atoms with E-state index in [9.17, 15) is 0 Å². The SMILES string of the molecule is CC(C)(C)NCC1(CN2CCN3CCCC3C2)CCOC1. The third-order valence-electron chi connectivity index (χ3n) is 5.41. The number of fused-ring (bicyclic) bond motifs is 1. The summed E-state index contributed by atoms with van der Waals surface area (Å²) in [6.07, 6.45) is 4.01. The van der Waals surface area contributed by atoms with Gasteiger partial charge >= 0.3 is 0 Å². The summed E-state index contributed by atoms with van der Waals surface area (Å²) >= 11 is 0. The Morgan fingerprint density at radius 3 is 2.81 bits per heavy atom. The Hall–Kier alpha value is -0.160. The molecule has 4 nitrogen and oxygen atoms in total. The molecule has 3 saturated heterocycles. The lowest BCUT2D eigenvalue weighted by molar-refractivity contribution is 0.0528. The second kappa shape index (κ2) is 6.15. The molecule has 0 radical (unpaired) electrons. The van der Waals surface area contributed by atoms with Gasteiger partial charge in [0.1, 0.15) is 0 Å². The van der Waals surface area contributed by atoms with E-state index in [1.807, 2.05) is 0 Å². The molecule has 0 spiro atoms. The largest absolute Gasteiger partial charge is 0.381 e. The summed E-state index contributed by atoms with van der Waals surface area (Å²) in [7, 11) is 0. The lowest BCUT2D eigenvalue weighted by atomic mass is 9.85. The van der Waals surface area contributed by atoms with E-state index in [-0.39, 0.29) is 5.54 Å². The van der Waals surface area contributed by atoms with E-state index in [1.165, 1.54) is 52.0 Å². The maximum Gasteiger partial charge on any atom is 0.0547 e. The molecule has 3 aliphatic rings. The molecule has 3 fully saturated rings. The molecule has 3 heterocycles. The fourth-order valence-corrected chi connectivity index (χ4v) is 4.10. The van der Waals surface area contributed by atoms with E-state index >= 15 is 0 Å². The van der Waals surface area contributed by atoms with Gasteiger partial charge in [-0.15, -0.1) is 0 Å². The molecule has 2 atom stereocenters.